The fourth-order valence-corrected chi connectivity index (χ4v) is 5.12. The number of amides is 1. The number of benzene rings is 1. The Labute approximate surface area is 150 Å². The molecule has 2 heterocycles. The van der Waals surface area contributed by atoms with Crippen LogP contribution in [0.25, 0.3) is 0 Å². The standard InChI is InChI=1S/C21H29NO3/c1-24-19-4-2-3-15(12-19)11-17-5-6-18-13-22(14-20(17)18)21(23)16-7-9-25-10-8-16/h2-4,12,16-18,20H,5-11,13-14H2,1H3/t17-,18-,20-/m1/s1. The number of fused-ring (bicyclic) bond motifs is 1. The van der Waals surface area contributed by atoms with E-state index >= 15 is 0 Å². The molecule has 3 fully saturated rings. The number of ether oxygens (including phenoxy) is 2. The van der Waals surface area contributed by atoms with Crippen LogP contribution in [0.5, 0.6) is 5.75 Å². The third-order valence-electron chi connectivity index (χ3n) is 6.52. The Morgan fingerprint density at radius 1 is 1.20 bits per heavy atom. The highest BCUT2D eigenvalue weighted by Gasteiger charge is 2.44. The molecule has 0 unspecified atom stereocenters. The summed E-state index contributed by atoms with van der Waals surface area (Å²) in [4.78, 5) is 15.0. The lowest BCUT2D eigenvalue weighted by Gasteiger charge is -2.27. The lowest BCUT2D eigenvalue weighted by molar-refractivity contribution is -0.137. The Morgan fingerprint density at radius 2 is 2.04 bits per heavy atom. The van der Waals surface area contributed by atoms with Crippen molar-refractivity contribution in [3.8, 4) is 5.75 Å². The van der Waals surface area contributed by atoms with Gasteiger partial charge in [-0.15, -0.1) is 0 Å². The molecule has 1 amide bonds. The summed E-state index contributed by atoms with van der Waals surface area (Å²) < 4.78 is 10.8. The van der Waals surface area contributed by atoms with Gasteiger partial charge in [-0.3, -0.25) is 4.79 Å². The highest BCUT2D eigenvalue weighted by molar-refractivity contribution is 5.79. The summed E-state index contributed by atoms with van der Waals surface area (Å²) in [6.07, 6.45) is 5.48. The fraction of sp³-hybridized carbons (Fsp3) is 0.667. The lowest BCUT2D eigenvalue weighted by Crippen LogP contribution is -2.38. The number of methoxy groups -OCH3 is 1. The Balaban J connectivity index is 1.38. The molecule has 3 atom stereocenters. The van der Waals surface area contributed by atoms with Crippen LogP contribution in [0.4, 0.5) is 0 Å². The molecule has 1 aromatic carbocycles. The zero-order valence-electron chi connectivity index (χ0n) is 15.2. The zero-order valence-corrected chi connectivity index (χ0v) is 15.2. The lowest BCUT2D eigenvalue weighted by atomic mass is 9.87. The van der Waals surface area contributed by atoms with Gasteiger partial charge in [-0.1, -0.05) is 12.1 Å². The number of hydrogen-bond acceptors (Lipinski definition) is 3. The van der Waals surface area contributed by atoms with E-state index in [1.807, 2.05) is 6.07 Å². The van der Waals surface area contributed by atoms with Gasteiger partial charge in [0.2, 0.25) is 5.91 Å². The van der Waals surface area contributed by atoms with Crippen molar-refractivity contribution in [1.82, 2.24) is 4.90 Å². The Morgan fingerprint density at radius 3 is 2.84 bits per heavy atom. The van der Waals surface area contributed by atoms with Crippen molar-refractivity contribution >= 4 is 5.91 Å². The smallest absolute Gasteiger partial charge is 0.225 e. The first-order chi connectivity index (χ1) is 12.2. The van der Waals surface area contributed by atoms with Gasteiger partial charge in [0.25, 0.3) is 0 Å². The number of carbonyl (C=O) groups excluding carboxylic acids is 1. The van der Waals surface area contributed by atoms with Gasteiger partial charge in [-0.25, -0.2) is 0 Å². The summed E-state index contributed by atoms with van der Waals surface area (Å²) in [6, 6.07) is 8.45. The topological polar surface area (TPSA) is 38.8 Å². The molecule has 4 nitrogen and oxygen atoms in total. The van der Waals surface area contributed by atoms with Crippen LogP contribution in [-0.2, 0) is 16.0 Å². The van der Waals surface area contributed by atoms with E-state index in [0.29, 0.717) is 23.7 Å². The molecule has 2 saturated heterocycles. The van der Waals surface area contributed by atoms with Gasteiger partial charge in [0.1, 0.15) is 5.75 Å². The summed E-state index contributed by atoms with van der Waals surface area (Å²) in [6.45, 7) is 3.44. The monoisotopic (exact) mass is 343 g/mol. The molecule has 0 N–H and O–H groups in total. The van der Waals surface area contributed by atoms with E-state index in [2.05, 4.69) is 23.1 Å². The molecule has 0 spiro atoms. The summed E-state index contributed by atoms with van der Waals surface area (Å²) >= 11 is 0. The summed E-state index contributed by atoms with van der Waals surface area (Å²) in [5.41, 5.74) is 1.36. The normalized spacial score (nSPS) is 29.6. The van der Waals surface area contributed by atoms with Crippen LogP contribution in [0, 0.1) is 23.7 Å². The third kappa shape index (κ3) is 3.55. The van der Waals surface area contributed by atoms with Crippen LogP contribution in [0.2, 0.25) is 0 Å². The second-order valence-corrected chi connectivity index (χ2v) is 7.95. The van der Waals surface area contributed by atoms with E-state index in [4.69, 9.17) is 9.47 Å². The predicted molar refractivity (Wildman–Crippen MR) is 96.5 cm³/mol. The minimum Gasteiger partial charge on any atom is -0.497 e. The molecule has 1 aromatic rings. The number of nitrogens with zero attached hydrogens (tertiary/aromatic N) is 1. The van der Waals surface area contributed by atoms with E-state index in [1.165, 1.54) is 18.4 Å². The van der Waals surface area contributed by atoms with Gasteiger partial charge < -0.3 is 14.4 Å². The average molecular weight is 343 g/mol. The third-order valence-corrected chi connectivity index (χ3v) is 6.52. The second-order valence-electron chi connectivity index (χ2n) is 7.95. The van der Waals surface area contributed by atoms with Crippen LogP contribution in [-0.4, -0.2) is 44.2 Å². The molecule has 0 bridgehead atoms. The van der Waals surface area contributed by atoms with Gasteiger partial charge in [-0.05, 0) is 67.6 Å². The van der Waals surface area contributed by atoms with Crippen LogP contribution < -0.4 is 4.74 Å². The molecular formula is C21H29NO3. The molecule has 1 saturated carbocycles. The minimum absolute atomic E-state index is 0.199. The highest BCUT2D eigenvalue weighted by atomic mass is 16.5. The number of rotatable bonds is 4. The maximum absolute atomic E-state index is 12.8. The molecule has 136 valence electrons. The first kappa shape index (κ1) is 16.9. The quantitative estimate of drug-likeness (QED) is 0.843. The average Bonchev–Trinajstić information content (AvgIpc) is 3.24. The first-order valence-corrected chi connectivity index (χ1v) is 9.74. The molecular weight excluding hydrogens is 314 g/mol. The maximum atomic E-state index is 12.8. The van der Waals surface area contributed by atoms with Crippen molar-refractivity contribution in [3.63, 3.8) is 0 Å². The maximum Gasteiger partial charge on any atom is 0.225 e. The molecule has 3 aliphatic rings. The van der Waals surface area contributed by atoms with E-state index in [-0.39, 0.29) is 5.92 Å². The highest BCUT2D eigenvalue weighted by Crippen LogP contribution is 2.44. The van der Waals surface area contributed by atoms with Crippen LogP contribution in [0.3, 0.4) is 0 Å². The van der Waals surface area contributed by atoms with Gasteiger partial charge in [0.05, 0.1) is 7.11 Å². The van der Waals surface area contributed by atoms with Crippen molar-refractivity contribution in [2.24, 2.45) is 23.7 Å². The summed E-state index contributed by atoms with van der Waals surface area (Å²) in [5, 5.41) is 0. The fourth-order valence-electron chi connectivity index (χ4n) is 5.12. The van der Waals surface area contributed by atoms with Crippen molar-refractivity contribution in [2.45, 2.75) is 32.1 Å². The summed E-state index contributed by atoms with van der Waals surface area (Å²) in [7, 11) is 1.72. The predicted octanol–water partition coefficient (Wildman–Crippen LogP) is 3.15. The van der Waals surface area contributed by atoms with Crippen LogP contribution in [0.15, 0.2) is 24.3 Å². The zero-order chi connectivity index (χ0) is 17.2. The minimum atomic E-state index is 0.199. The first-order valence-electron chi connectivity index (χ1n) is 9.74. The molecule has 4 rings (SSSR count). The SMILES string of the molecule is COc1cccc(C[C@H]2CC[C@@H]3CN(C(=O)C4CCOCC4)C[C@H]23)c1. The number of hydrogen-bond donors (Lipinski definition) is 0. The largest absolute Gasteiger partial charge is 0.497 e. The molecule has 0 radical (unpaired) electrons. The molecule has 4 heteroatoms. The van der Waals surface area contributed by atoms with E-state index in [0.717, 1.165) is 51.3 Å². The Bertz CT molecular complexity index is 611. The van der Waals surface area contributed by atoms with Crippen molar-refractivity contribution in [3.05, 3.63) is 29.8 Å². The Hall–Kier alpha value is -1.55. The van der Waals surface area contributed by atoms with E-state index < -0.39 is 0 Å². The summed E-state index contributed by atoms with van der Waals surface area (Å²) in [5.74, 6) is 3.61. The van der Waals surface area contributed by atoms with Crippen molar-refractivity contribution in [1.29, 1.82) is 0 Å². The Kier molecular flexibility index (Phi) is 4.98. The second kappa shape index (κ2) is 7.36. The number of likely N-dealkylation sites (tertiary alicyclic amines) is 1. The van der Waals surface area contributed by atoms with E-state index in [9.17, 15) is 4.79 Å². The molecule has 2 aliphatic heterocycles. The molecule has 1 aliphatic carbocycles. The van der Waals surface area contributed by atoms with Gasteiger partial charge >= 0.3 is 0 Å². The van der Waals surface area contributed by atoms with E-state index in [1.54, 1.807) is 7.11 Å². The number of carbonyl (C=O) groups is 1. The van der Waals surface area contributed by atoms with Gasteiger partial charge in [0, 0.05) is 32.2 Å². The van der Waals surface area contributed by atoms with Crippen LogP contribution >= 0.6 is 0 Å². The molecule has 0 aromatic heterocycles. The van der Waals surface area contributed by atoms with Gasteiger partial charge in [0.15, 0.2) is 0 Å². The van der Waals surface area contributed by atoms with Crippen molar-refractivity contribution < 1.29 is 14.3 Å². The van der Waals surface area contributed by atoms with Gasteiger partial charge in [-0.2, -0.15) is 0 Å². The molecule has 25 heavy (non-hydrogen) atoms. The van der Waals surface area contributed by atoms with Crippen LogP contribution in [0.1, 0.15) is 31.2 Å². The van der Waals surface area contributed by atoms with Crippen molar-refractivity contribution in [2.75, 3.05) is 33.4 Å².